The number of hydrogen-bond donors (Lipinski definition) is 1. The average Bonchev–Trinajstić information content (AvgIpc) is 3.12. The molecule has 0 saturated carbocycles. The number of rotatable bonds is 39. The van der Waals surface area contributed by atoms with E-state index < -0.39 is 26.5 Å². The fourth-order valence-corrected chi connectivity index (χ4v) is 6.51. The number of allylic oxidation sites excluding steroid dienone is 6. The molecule has 0 aromatic heterocycles. The Morgan fingerprint density at radius 2 is 0.942 bits per heavy atom. The lowest BCUT2D eigenvalue weighted by Crippen LogP contribution is -2.29. The van der Waals surface area contributed by atoms with Crippen molar-refractivity contribution in [1.29, 1.82) is 0 Å². The van der Waals surface area contributed by atoms with Gasteiger partial charge in [-0.05, 0) is 71.1 Å². The number of carbonyl (C=O) groups is 2. The van der Waals surface area contributed by atoms with Crippen LogP contribution in [0.15, 0.2) is 36.5 Å². The number of phosphoric acid groups is 1. The van der Waals surface area contributed by atoms with Crippen molar-refractivity contribution < 1.29 is 37.6 Å². The Hall–Kier alpha value is -1.73. The molecular weight excluding hydrogens is 675 g/mol. The molecule has 0 aromatic rings. The van der Waals surface area contributed by atoms with Crippen LogP contribution in [0, 0.1) is 0 Å². The van der Waals surface area contributed by atoms with Gasteiger partial charge in [-0.15, -0.1) is 0 Å². The Bertz CT molecular complexity index is 947. The second-order valence-corrected chi connectivity index (χ2v) is 15.5. The van der Waals surface area contributed by atoms with Gasteiger partial charge in [-0.1, -0.05) is 153 Å². The minimum atomic E-state index is -4.28. The lowest BCUT2D eigenvalue weighted by Gasteiger charge is -2.19. The van der Waals surface area contributed by atoms with Gasteiger partial charge in [-0.25, -0.2) is 4.57 Å². The van der Waals surface area contributed by atoms with Crippen molar-refractivity contribution in [3.63, 3.8) is 0 Å². The van der Waals surface area contributed by atoms with E-state index in [0.717, 1.165) is 64.2 Å². The number of phosphoric ester groups is 1. The molecule has 0 radical (unpaired) electrons. The Kier molecular flexibility index (Phi) is 37.7. The van der Waals surface area contributed by atoms with Gasteiger partial charge in [-0.3, -0.25) is 18.6 Å². The van der Waals surface area contributed by atoms with Gasteiger partial charge in [0, 0.05) is 12.8 Å². The second kappa shape index (κ2) is 39.0. The van der Waals surface area contributed by atoms with Gasteiger partial charge in [0.05, 0.1) is 13.2 Å². The maximum atomic E-state index is 12.5. The minimum Gasteiger partial charge on any atom is -0.462 e. The summed E-state index contributed by atoms with van der Waals surface area (Å²) in [4.78, 5) is 34.7. The Labute approximate surface area is 319 Å². The summed E-state index contributed by atoms with van der Waals surface area (Å²) in [5, 5.41) is 0. The molecule has 0 aliphatic heterocycles. The summed E-state index contributed by atoms with van der Waals surface area (Å²) < 4.78 is 32.6. The van der Waals surface area contributed by atoms with Crippen LogP contribution >= 0.6 is 7.82 Å². The SMILES string of the molecule is CCCC/C=C\C/C=C\CCCCCCCC(=O)OC(COC(=O)CCCCCCCCC/C=C\CCCCCCCCC)COP(=O)(O)OCC. The molecule has 0 heterocycles. The zero-order valence-electron chi connectivity index (χ0n) is 33.7. The molecule has 0 bridgehead atoms. The Morgan fingerprint density at radius 3 is 1.44 bits per heavy atom. The number of ether oxygens (including phenoxy) is 2. The van der Waals surface area contributed by atoms with E-state index in [2.05, 4.69) is 50.3 Å². The lowest BCUT2D eigenvalue weighted by atomic mass is 10.1. The van der Waals surface area contributed by atoms with Crippen LogP contribution in [0.1, 0.15) is 201 Å². The van der Waals surface area contributed by atoms with Crippen LogP contribution in [0.4, 0.5) is 0 Å². The minimum absolute atomic E-state index is 0.00326. The van der Waals surface area contributed by atoms with Crippen molar-refractivity contribution in [3.8, 4) is 0 Å². The van der Waals surface area contributed by atoms with E-state index in [1.807, 2.05) is 0 Å². The first-order valence-electron chi connectivity index (χ1n) is 21.3. The molecule has 0 aromatic carbocycles. The van der Waals surface area contributed by atoms with Crippen molar-refractivity contribution in [2.75, 3.05) is 19.8 Å². The van der Waals surface area contributed by atoms with Crippen LogP contribution in [0.2, 0.25) is 0 Å². The molecule has 0 spiro atoms. The Balaban J connectivity index is 4.10. The first-order chi connectivity index (χ1) is 25.3. The topological polar surface area (TPSA) is 108 Å². The number of hydrogen-bond acceptors (Lipinski definition) is 7. The molecule has 0 aliphatic carbocycles. The third-order valence-electron chi connectivity index (χ3n) is 8.92. The normalized spacial score (nSPS) is 13.7. The van der Waals surface area contributed by atoms with Crippen LogP contribution in [0.25, 0.3) is 0 Å². The predicted octanol–water partition coefficient (Wildman–Crippen LogP) is 13.2. The molecule has 0 amide bonds. The molecule has 0 rings (SSSR count). The van der Waals surface area contributed by atoms with E-state index in [1.165, 1.54) is 96.3 Å². The monoisotopic (exact) mass is 755 g/mol. The second-order valence-electron chi connectivity index (χ2n) is 14.0. The van der Waals surface area contributed by atoms with E-state index in [1.54, 1.807) is 6.92 Å². The van der Waals surface area contributed by atoms with Gasteiger partial charge in [0.1, 0.15) is 6.61 Å². The summed E-state index contributed by atoms with van der Waals surface area (Å²) in [6.45, 7) is 5.41. The van der Waals surface area contributed by atoms with E-state index in [4.69, 9.17) is 18.5 Å². The summed E-state index contributed by atoms with van der Waals surface area (Å²) in [5.41, 5.74) is 0. The predicted molar refractivity (Wildman–Crippen MR) is 216 cm³/mol. The van der Waals surface area contributed by atoms with Gasteiger partial charge in [0.25, 0.3) is 0 Å². The zero-order chi connectivity index (χ0) is 38.2. The number of carbonyl (C=O) groups excluding carboxylic acids is 2. The molecular formula is C43H79O8P. The van der Waals surface area contributed by atoms with E-state index in [9.17, 15) is 19.0 Å². The van der Waals surface area contributed by atoms with Crippen LogP contribution < -0.4 is 0 Å². The van der Waals surface area contributed by atoms with Crippen molar-refractivity contribution in [2.45, 2.75) is 207 Å². The molecule has 1 N–H and O–H groups in total. The first-order valence-corrected chi connectivity index (χ1v) is 22.8. The molecule has 0 fully saturated rings. The highest BCUT2D eigenvalue weighted by Crippen LogP contribution is 2.43. The fourth-order valence-electron chi connectivity index (χ4n) is 5.76. The van der Waals surface area contributed by atoms with E-state index >= 15 is 0 Å². The fraction of sp³-hybridized carbons (Fsp3) is 0.814. The maximum Gasteiger partial charge on any atom is 0.472 e. The summed E-state index contributed by atoms with van der Waals surface area (Å²) in [6, 6.07) is 0. The highest BCUT2D eigenvalue weighted by molar-refractivity contribution is 7.47. The van der Waals surface area contributed by atoms with Crippen molar-refractivity contribution in [3.05, 3.63) is 36.5 Å². The highest BCUT2D eigenvalue weighted by atomic mass is 31.2. The van der Waals surface area contributed by atoms with E-state index in [0.29, 0.717) is 6.42 Å². The quantitative estimate of drug-likeness (QED) is 0.0286. The van der Waals surface area contributed by atoms with Gasteiger partial charge < -0.3 is 14.4 Å². The number of esters is 2. The summed E-state index contributed by atoms with van der Waals surface area (Å²) >= 11 is 0. The molecule has 0 aliphatic rings. The molecule has 0 saturated heterocycles. The summed E-state index contributed by atoms with van der Waals surface area (Å²) in [6.07, 6.45) is 43.4. The molecule has 8 nitrogen and oxygen atoms in total. The van der Waals surface area contributed by atoms with Crippen LogP contribution in [0.3, 0.4) is 0 Å². The number of unbranched alkanes of at least 4 members (excludes halogenated alkanes) is 21. The molecule has 2 atom stereocenters. The maximum absolute atomic E-state index is 12.5. The molecule has 9 heteroatoms. The molecule has 304 valence electrons. The third kappa shape index (κ3) is 38.0. The molecule has 52 heavy (non-hydrogen) atoms. The largest absolute Gasteiger partial charge is 0.472 e. The van der Waals surface area contributed by atoms with Crippen molar-refractivity contribution in [1.82, 2.24) is 0 Å². The van der Waals surface area contributed by atoms with Gasteiger partial charge >= 0.3 is 19.8 Å². The average molecular weight is 755 g/mol. The van der Waals surface area contributed by atoms with Gasteiger partial charge in [0.15, 0.2) is 6.10 Å². The van der Waals surface area contributed by atoms with Crippen LogP contribution in [0.5, 0.6) is 0 Å². The summed E-state index contributed by atoms with van der Waals surface area (Å²) in [7, 11) is -4.28. The van der Waals surface area contributed by atoms with Crippen LogP contribution in [-0.2, 0) is 32.7 Å². The third-order valence-corrected chi connectivity index (χ3v) is 9.98. The smallest absolute Gasteiger partial charge is 0.462 e. The highest BCUT2D eigenvalue weighted by Gasteiger charge is 2.25. The zero-order valence-corrected chi connectivity index (χ0v) is 34.6. The van der Waals surface area contributed by atoms with Crippen molar-refractivity contribution in [2.24, 2.45) is 0 Å². The molecule has 2 unspecified atom stereocenters. The standard InChI is InChI=1S/C43H79O8P/c1-4-7-9-11-13-15-17-19-21-22-23-24-26-27-29-31-33-35-37-42(44)48-39-41(40-50-52(46,47)49-6-3)51-43(45)38-36-34-32-30-28-25-20-18-16-14-12-10-8-5-2/h12,14,18,20-22,41H,4-11,13,15-17,19,23-40H2,1-3H3,(H,46,47)/b14-12-,20-18-,22-21-. The first kappa shape index (κ1) is 50.3. The van der Waals surface area contributed by atoms with Gasteiger partial charge in [-0.2, -0.15) is 0 Å². The lowest BCUT2D eigenvalue weighted by molar-refractivity contribution is -0.161. The van der Waals surface area contributed by atoms with Crippen LogP contribution in [-0.4, -0.2) is 42.8 Å². The summed E-state index contributed by atoms with van der Waals surface area (Å²) in [5.74, 6) is -0.817. The van der Waals surface area contributed by atoms with Crippen molar-refractivity contribution >= 4 is 19.8 Å². The Morgan fingerprint density at radius 1 is 0.519 bits per heavy atom. The van der Waals surface area contributed by atoms with E-state index in [-0.39, 0.29) is 32.0 Å². The van der Waals surface area contributed by atoms with Gasteiger partial charge in [0.2, 0.25) is 0 Å².